The maximum atomic E-state index is 12.6. The summed E-state index contributed by atoms with van der Waals surface area (Å²) in [6.45, 7) is 2.26. The van der Waals surface area contributed by atoms with Gasteiger partial charge in [0.15, 0.2) is 0 Å². The van der Waals surface area contributed by atoms with E-state index in [-0.39, 0.29) is 10.9 Å². The first-order chi connectivity index (χ1) is 8.57. The summed E-state index contributed by atoms with van der Waals surface area (Å²) in [5.74, 6) is 0.343. The fourth-order valence-corrected chi connectivity index (χ4v) is 4.56. The smallest absolute Gasteiger partial charge is 0.246 e. The van der Waals surface area contributed by atoms with E-state index < -0.39 is 10.0 Å². The Balaban J connectivity index is 2.35. The Labute approximate surface area is 113 Å². The van der Waals surface area contributed by atoms with Gasteiger partial charge in [-0.1, -0.05) is 12.8 Å². The zero-order valence-corrected chi connectivity index (χ0v) is 12.0. The number of nitrogens with one attached hydrogen (secondary N) is 1. The highest BCUT2D eigenvalue weighted by Gasteiger charge is 2.33. The molecule has 0 amide bonds. The van der Waals surface area contributed by atoms with Crippen molar-refractivity contribution in [2.75, 3.05) is 12.4 Å². The summed E-state index contributed by atoms with van der Waals surface area (Å²) in [6, 6.07) is -0.103. The van der Waals surface area contributed by atoms with Gasteiger partial charge in [-0.15, -0.1) is 11.6 Å². The number of alkyl halides is 1. The molecule has 1 aromatic rings. The van der Waals surface area contributed by atoms with Gasteiger partial charge >= 0.3 is 0 Å². The molecular formula is C11H18ClN3O2S. The summed E-state index contributed by atoms with van der Waals surface area (Å²) < 4.78 is 26.7. The van der Waals surface area contributed by atoms with E-state index in [1.807, 2.05) is 0 Å². The van der Waals surface area contributed by atoms with Crippen LogP contribution in [-0.4, -0.2) is 41.4 Å². The van der Waals surface area contributed by atoms with E-state index in [1.54, 1.807) is 11.2 Å². The van der Waals surface area contributed by atoms with E-state index in [1.165, 1.54) is 6.20 Å². The van der Waals surface area contributed by atoms with Crippen molar-refractivity contribution in [3.63, 3.8) is 0 Å². The highest BCUT2D eigenvalue weighted by Crippen LogP contribution is 2.26. The summed E-state index contributed by atoms with van der Waals surface area (Å²) in [7, 11) is -3.48. The van der Waals surface area contributed by atoms with Gasteiger partial charge in [0, 0.05) is 18.5 Å². The van der Waals surface area contributed by atoms with E-state index in [0.29, 0.717) is 18.1 Å². The summed E-state index contributed by atoms with van der Waals surface area (Å²) >= 11 is 5.93. The molecule has 1 aliphatic heterocycles. The molecule has 1 unspecified atom stereocenters. The average molecular weight is 292 g/mol. The maximum Gasteiger partial charge on any atom is 0.246 e. The molecule has 1 atom stereocenters. The number of hydrogen-bond acceptors (Lipinski definition) is 3. The van der Waals surface area contributed by atoms with Gasteiger partial charge in [-0.05, 0) is 19.8 Å². The SMILES string of the molecule is Cc1[nH]ncc1S(=O)(=O)N1CCCCCC1CCl. The van der Waals surface area contributed by atoms with Crippen molar-refractivity contribution in [3.8, 4) is 0 Å². The molecule has 1 saturated heterocycles. The lowest BCUT2D eigenvalue weighted by molar-refractivity contribution is 0.345. The molecule has 0 aliphatic carbocycles. The van der Waals surface area contributed by atoms with Crippen LogP contribution in [0.2, 0.25) is 0 Å². The number of H-pyrrole nitrogens is 1. The van der Waals surface area contributed by atoms with Gasteiger partial charge in [0.2, 0.25) is 10.0 Å². The molecule has 0 saturated carbocycles. The van der Waals surface area contributed by atoms with Gasteiger partial charge in [-0.3, -0.25) is 5.10 Å². The number of halogens is 1. The number of rotatable bonds is 3. The van der Waals surface area contributed by atoms with E-state index in [9.17, 15) is 8.42 Å². The highest BCUT2D eigenvalue weighted by atomic mass is 35.5. The van der Waals surface area contributed by atoms with Crippen molar-refractivity contribution < 1.29 is 8.42 Å². The minimum atomic E-state index is -3.48. The molecule has 1 fully saturated rings. The standard InChI is InChI=1S/C11H18ClN3O2S/c1-9-11(8-13-14-9)18(16,17)15-6-4-2-3-5-10(15)7-12/h8,10H,2-7H2,1H3,(H,13,14). The topological polar surface area (TPSA) is 66.1 Å². The Morgan fingerprint density at radius 1 is 1.50 bits per heavy atom. The Morgan fingerprint density at radius 2 is 2.28 bits per heavy atom. The normalized spacial score (nSPS) is 22.9. The molecule has 2 heterocycles. The van der Waals surface area contributed by atoms with Crippen molar-refractivity contribution >= 4 is 21.6 Å². The first-order valence-electron chi connectivity index (χ1n) is 6.15. The summed E-state index contributed by atoms with van der Waals surface area (Å²) in [5.41, 5.74) is 0.576. The molecule has 2 rings (SSSR count). The molecule has 5 nitrogen and oxygen atoms in total. The van der Waals surface area contributed by atoms with Gasteiger partial charge in [0.05, 0.1) is 11.9 Å². The van der Waals surface area contributed by atoms with Gasteiger partial charge in [-0.25, -0.2) is 8.42 Å². The van der Waals surface area contributed by atoms with Crippen LogP contribution in [0.5, 0.6) is 0 Å². The third-order valence-electron chi connectivity index (χ3n) is 3.37. The van der Waals surface area contributed by atoms with E-state index in [4.69, 9.17) is 11.6 Å². The number of hydrogen-bond donors (Lipinski definition) is 1. The van der Waals surface area contributed by atoms with Crippen LogP contribution in [0.25, 0.3) is 0 Å². The lowest BCUT2D eigenvalue weighted by Crippen LogP contribution is -2.41. The quantitative estimate of drug-likeness (QED) is 0.865. The molecule has 7 heteroatoms. The minimum absolute atomic E-state index is 0.103. The van der Waals surface area contributed by atoms with Crippen molar-refractivity contribution in [1.29, 1.82) is 0 Å². The molecule has 0 bridgehead atoms. The van der Waals surface area contributed by atoms with Gasteiger partial charge < -0.3 is 0 Å². The number of sulfonamides is 1. The molecule has 102 valence electrons. The number of aromatic amines is 1. The first-order valence-corrected chi connectivity index (χ1v) is 8.12. The molecular weight excluding hydrogens is 274 g/mol. The lowest BCUT2D eigenvalue weighted by Gasteiger charge is -2.27. The summed E-state index contributed by atoms with van der Waals surface area (Å²) in [6.07, 6.45) is 5.20. The molecule has 1 aromatic heterocycles. The second kappa shape index (κ2) is 5.59. The Morgan fingerprint density at radius 3 is 2.89 bits per heavy atom. The third kappa shape index (κ3) is 2.55. The zero-order chi connectivity index (χ0) is 13.2. The van der Waals surface area contributed by atoms with Gasteiger partial charge in [-0.2, -0.15) is 9.40 Å². The van der Waals surface area contributed by atoms with E-state index >= 15 is 0 Å². The summed E-state index contributed by atoms with van der Waals surface area (Å²) in [4.78, 5) is 0.263. The van der Waals surface area contributed by atoms with Crippen LogP contribution in [0.1, 0.15) is 31.4 Å². The molecule has 0 spiro atoms. The highest BCUT2D eigenvalue weighted by molar-refractivity contribution is 7.89. The van der Waals surface area contributed by atoms with Crippen LogP contribution in [0.15, 0.2) is 11.1 Å². The summed E-state index contributed by atoms with van der Waals surface area (Å²) in [5, 5.41) is 6.47. The monoisotopic (exact) mass is 291 g/mol. The molecule has 18 heavy (non-hydrogen) atoms. The number of nitrogens with zero attached hydrogens (tertiary/aromatic N) is 2. The maximum absolute atomic E-state index is 12.6. The Bertz CT molecular complexity index is 500. The van der Waals surface area contributed by atoms with Crippen molar-refractivity contribution in [1.82, 2.24) is 14.5 Å². The van der Waals surface area contributed by atoms with E-state index in [0.717, 1.165) is 25.7 Å². The van der Waals surface area contributed by atoms with Gasteiger partial charge in [0.1, 0.15) is 4.90 Å². The predicted molar refractivity (Wildman–Crippen MR) is 70.2 cm³/mol. The second-order valence-electron chi connectivity index (χ2n) is 4.63. The molecule has 1 N–H and O–H groups in total. The van der Waals surface area contributed by atoms with Crippen LogP contribution in [0, 0.1) is 6.92 Å². The first kappa shape index (κ1) is 13.8. The van der Waals surface area contributed by atoms with E-state index in [2.05, 4.69) is 10.2 Å². The fraction of sp³-hybridized carbons (Fsp3) is 0.727. The Kier molecular flexibility index (Phi) is 4.29. The minimum Gasteiger partial charge on any atom is -0.281 e. The van der Waals surface area contributed by atoms with Crippen LogP contribution < -0.4 is 0 Å². The fourth-order valence-electron chi connectivity index (χ4n) is 2.35. The lowest BCUT2D eigenvalue weighted by atomic mass is 10.1. The van der Waals surface area contributed by atoms with Crippen LogP contribution >= 0.6 is 11.6 Å². The molecule has 0 aromatic carbocycles. The molecule has 1 aliphatic rings. The van der Waals surface area contributed by atoms with Gasteiger partial charge in [0.25, 0.3) is 0 Å². The predicted octanol–water partition coefficient (Wildman–Crippen LogP) is 1.89. The molecule has 0 radical (unpaired) electrons. The van der Waals surface area contributed by atoms with Crippen molar-refractivity contribution in [2.24, 2.45) is 0 Å². The van der Waals surface area contributed by atoms with Crippen molar-refractivity contribution in [3.05, 3.63) is 11.9 Å². The van der Waals surface area contributed by atoms with Crippen LogP contribution in [0.4, 0.5) is 0 Å². The van der Waals surface area contributed by atoms with Crippen LogP contribution in [-0.2, 0) is 10.0 Å². The largest absolute Gasteiger partial charge is 0.281 e. The number of aryl methyl sites for hydroxylation is 1. The van der Waals surface area contributed by atoms with Crippen molar-refractivity contribution in [2.45, 2.75) is 43.5 Å². The third-order valence-corrected chi connectivity index (χ3v) is 5.79. The second-order valence-corrected chi connectivity index (χ2v) is 6.80. The number of aromatic nitrogens is 2. The zero-order valence-electron chi connectivity index (χ0n) is 10.4. The average Bonchev–Trinajstić information content (AvgIpc) is 2.65. The van der Waals surface area contributed by atoms with Crippen LogP contribution in [0.3, 0.4) is 0 Å². The Hall–Kier alpha value is -0.590.